The van der Waals surface area contributed by atoms with Crippen molar-refractivity contribution in [1.82, 2.24) is 14.9 Å². The second-order valence-corrected chi connectivity index (χ2v) is 7.10. The van der Waals surface area contributed by atoms with Crippen LogP contribution in [0.4, 0.5) is 0 Å². The second kappa shape index (κ2) is 9.54. The summed E-state index contributed by atoms with van der Waals surface area (Å²) < 4.78 is 13.3. The van der Waals surface area contributed by atoms with Gasteiger partial charge in [-0.25, -0.2) is 4.98 Å². The van der Waals surface area contributed by atoms with Gasteiger partial charge in [0.15, 0.2) is 0 Å². The van der Waals surface area contributed by atoms with Crippen LogP contribution in [0.25, 0.3) is 11.0 Å². The number of methoxy groups -OCH3 is 1. The predicted octanol–water partition coefficient (Wildman–Crippen LogP) is 3.14. The highest BCUT2D eigenvalue weighted by Gasteiger charge is 2.14. The number of hydrogen-bond acceptors (Lipinski definition) is 5. The molecule has 29 heavy (non-hydrogen) atoms. The van der Waals surface area contributed by atoms with Crippen molar-refractivity contribution < 1.29 is 14.3 Å². The van der Waals surface area contributed by atoms with Crippen molar-refractivity contribution in [2.45, 2.75) is 39.4 Å². The van der Waals surface area contributed by atoms with Gasteiger partial charge >= 0.3 is 0 Å². The number of benzene rings is 2. The minimum Gasteiger partial charge on any atom is -0.457 e. The highest BCUT2D eigenvalue weighted by atomic mass is 16.5. The number of nitrogens with one attached hydrogen (secondary N) is 1. The van der Waals surface area contributed by atoms with Gasteiger partial charge in [0.1, 0.15) is 17.3 Å². The Balaban J connectivity index is 1.88. The molecule has 0 bridgehead atoms. The van der Waals surface area contributed by atoms with E-state index in [0.717, 1.165) is 41.3 Å². The standard InChI is InChI=1S/C22H28N4O3/c1-15-5-7-17(8-6-15)29-18-9-10-19-20(13-18)26(11-4-12-28-3)21(25-19)14-24-22(27)16(2)23/h5-10,13,16H,4,11-12,14,23H2,1-3H3,(H,24,27)/t16-/m0/s1. The lowest BCUT2D eigenvalue weighted by Gasteiger charge is -2.12. The summed E-state index contributed by atoms with van der Waals surface area (Å²) in [6, 6.07) is 13.2. The molecule has 7 nitrogen and oxygen atoms in total. The maximum absolute atomic E-state index is 11.9. The Morgan fingerprint density at radius 1 is 1.21 bits per heavy atom. The van der Waals surface area contributed by atoms with Crippen LogP contribution in [0.15, 0.2) is 42.5 Å². The van der Waals surface area contributed by atoms with Crippen LogP contribution in [0.1, 0.15) is 24.7 Å². The lowest BCUT2D eigenvalue weighted by atomic mass is 10.2. The molecule has 154 valence electrons. The first kappa shape index (κ1) is 20.8. The van der Waals surface area contributed by atoms with Gasteiger partial charge in [-0.15, -0.1) is 0 Å². The molecular weight excluding hydrogens is 368 g/mol. The zero-order chi connectivity index (χ0) is 20.8. The van der Waals surface area contributed by atoms with E-state index in [-0.39, 0.29) is 5.91 Å². The number of ether oxygens (including phenoxy) is 2. The summed E-state index contributed by atoms with van der Waals surface area (Å²) in [6.45, 7) is 5.38. The van der Waals surface area contributed by atoms with E-state index >= 15 is 0 Å². The molecule has 0 fully saturated rings. The van der Waals surface area contributed by atoms with Crippen molar-refractivity contribution in [2.75, 3.05) is 13.7 Å². The number of amides is 1. The van der Waals surface area contributed by atoms with E-state index in [2.05, 4.69) is 9.88 Å². The Hall–Kier alpha value is -2.90. The minimum atomic E-state index is -0.559. The van der Waals surface area contributed by atoms with Crippen molar-refractivity contribution in [3.63, 3.8) is 0 Å². The Morgan fingerprint density at radius 3 is 2.62 bits per heavy atom. The molecular formula is C22H28N4O3. The van der Waals surface area contributed by atoms with Gasteiger partial charge in [0.25, 0.3) is 0 Å². The third-order valence-corrected chi connectivity index (χ3v) is 4.62. The molecule has 7 heteroatoms. The molecule has 1 amide bonds. The molecule has 0 aliphatic carbocycles. The van der Waals surface area contributed by atoms with Gasteiger partial charge in [-0.2, -0.15) is 0 Å². The molecule has 0 aliphatic rings. The van der Waals surface area contributed by atoms with Gasteiger partial charge in [-0.1, -0.05) is 17.7 Å². The number of hydrogen-bond donors (Lipinski definition) is 2. The summed E-state index contributed by atoms with van der Waals surface area (Å²) in [4.78, 5) is 16.6. The molecule has 0 aliphatic heterocycles. The average molecular weight is 396 g/mol. The smallest absolute Gasteiger partial charge is 0.237 e. The average Bonchev–Trinajstić information content (AvgIpc) is 3.05. The second-order valence-electron chi connectivity index (χ2n) is 7.10. The van der Waals surface area contributed by atoms with Crippen molar-refractivity contribution in [3.8, 4) is 11.5 Å². The van der Waals surface area contributed by atoms with Crippen LogP contribution in [0.2, 0.25) is 0 Å². The van der Waals surface area contributed by atoms with Crippen LogP contribution < -0.4 is 15.8 Å². The lowest BCUT2D eigenvalue weighted by molar-refractivity contribution is -0.122. The van der Waals surface area contributed by atoms with E-state index < -0.39 is 6.04 Å². The van der Waals surface area contributed by atoms with E-state index in [1.54, 1.807) is 14.0 Å². The van der Waals surface area contributed by atoms with Crippen LogP contribution in [0.3, 0.4) is 0 Å². The SMILES string of the molecule is COCCCn1c(CNC(=O)[C@H](C)N)nc2ccc(Oc3ccc(C)cc3)cc21. The summed E-state index contributed by atoms with van der Waals surface area (Å²) in [6.07, 6.45) is 0.833. The Kier molecular flexibility index (Phi) is 6.85. The van der Waals surface area contributed by atoms with E-state index in [4.69, 9.17) is 20.2 Å². The third kappa shape index (κ3) is 5.34. The van der Waals surface area contributed by atoms with Crippen molar-refractivity contribution >= 4 is 16.9 Å². The summed E-state index contributed by atoms with van der Waals surface area (Å²) in [7, 11) is 1.68. The molecule has 0 saturated carbocycles. The van der Waals surface area contributed by atoms with Crippen LogP contribution in [-0.2, 0) is 22.6 Å². The minimum absolute atomic E-state index is 0.205. The number of aromatic nitrogens is 2. The number of imidazole rings is 1. The molecule has 1 atom stereocenters. The van der Waals surface area contributed by atoms with Crippen molar-refractivity contribution in [1.29, 1.82) is 0 Å². The maximum Gasteiger partial charge on any atom is 0.237 e. The number of nitrogens with two attached hydrogens (primary N) is 1. The van der Waals surface area contributed by atoms with Crippen molar-refractivity contribution in [2.24, 2.45) is 5.73 Å². The zero-order valence-corrected chi connectivity index (χ0v) is 17.1. The molecule has 3 rings (SSSR count). The first-order chi connectivity index (χ1) is 14.0. The van der Waals surface area contributed by atoms with Gasteiger partial charge < -0.3 is 25.1 Å². The maximum atomic E-state index is 11.9. The number of rotatable bonds is 9. The summed E-state index contributed by atoms with van der Waals surface area (Å²) in [5.41, 5.74) is 8.63. The molecule has 2 aromatic carbocycles. The molecule has 0 spiro atoms. The first-order valence-electron chi connectivity index (χ1n) is 9.74. The summed E-state index contributed by atoms with van der Waals surface area (Å²) >= 11 is 0. The molecule has 0 radical (unpaired) electrons. The lowest BCUT2D eigenvalue weighted by Crippen LogP contribution is -2.38. The molecule has 0 unspecified atom stereocenters. The zero-order valence-electron chi connectivity index (χ0n) is 17.1. The Morgan fingerprint density at radius 2 is 1.93 bits per heavy atom. The quantitative estimate of drug-likeness (QED) is 0.542. The van der Waals surface area contributed by atoms with E-state index in [1.807, 2.05) is 49.4 Å². The van der Waals surface area contributed by atoms with Gasteiger partial charge in [-0.05, 0) is 44.5 Å². The predicted molar refractivity (Wildman–Crippen MR) is 113 cm³/mol. The molecule has 0 saturated heterocycles. The highest BCUT2D eigenvalue weighted by Crippen LogP contribution is 2.27. The topological polar surface area (TPSA) is 91.4 Å². The van der Waals surface area contributed by atoms with Crippen LogP contribution in [-0.4, -0.2) is 35.2 Å². The van der Waals surface area contributed by atoms with Crippen LogP contribution >= 0.6 is 0 Å². The summed E-state index contributed by atoms with van der Waals surface area (Å²) in [5, 5.41) is 2.84. The van der Waals surface area contributed by atoms with E-state index in [1.165, 1.54) is 5.56 Å². The molecule has 1 aromatic heterocycles. The van der Waals surface area contributed by atoms with Gasteiger partial charge in [-0.3, -0.25) is 4.79 Å². The highest BCUT2D eigenvalue weighted by molar-refractivity contribution is 5.81. The number of fused-ring (bicyclic) bond motifs is 1. The Labute approximate surface area is 170 Å². The van der Waals surface area contributed by atoms with Crippen LogP contribution in [0.5, 0.6) is 11.5 Å². The van der Waals surface area contributed by atoms with Gasteiger partial charge in [0, 0.05) is 26.3 Å². The van der Waals surface area contributed by atoms with E-state index in [9.17, 15) is 4.79 Å². The third-order valence-electron chi connectivity index (χ3n) is 4.62. The van der Waals surface area contributed by atoms with Gasteiger partial charge in [0.05, 0.1) is 23.6 Å². The Bertz CT molecular complexity index is 964. The molecule has 3 aromatic rings. The summed E-state index contributed by atoms with van der Waals surface area (Å²) in [5.74, 6) is 2.09. The number of nitrogens with zero attached hydrogens (tertiary/aromatic N) is 2. The fourth-order valence-electron chi connectivity index (χ4n) is 3.04. The number of carbonyl (C=O) groups is 1. The number of aryl methyl sites for hydroxylation is 2. The normalized spacial score (nSPS) is 12.1. The first-order valence-corrected chi connectivity index (χ1v) is 9.74. The fraction of sp³-hybridized carbons (Fsp3) is 0.364. The van der Waals surface area contributed by atoms with Crippen LogP contribution in [0, 0.1) is 6.92 Å². The monoisotopic (exact) mass is 396 g/mol. The molecule has 3 N–H and O–H groups in total. The van der Waals surface area contributed by atoms with Crippen molar-refractivity contribution in [3.05, 3.63) is 53.9 Å². The largest absolute Gasteiger partial charge is 0.457 e. The molecule has 1 heterocycles. The number of carbonyl (C=O) groups excluding carboxylic acids is 1. The fourth-order valence-corrected chi connectivity index (χ4v) is 3.04. The van der Waals surface area contributed by atoms with E-state index in [0.29, 0.717) is 13.2 Å². The van der Waals surface area contributed by atoms with Gasteiger partial charge in [0.2, 0.25) is 5.91 Å².